The van der Waals surface area contributed by atoms with Crippen LogP contribution in [0, 0.1) is 6.92 Å². The van der Waals surface area contributed by atoms with Gasteiger partial charge in [0.05, 0.1) is 0 Å². The number of nitrogens with two attached hydrogens (primary N) is 1. The van der Waals surface area contributed by atoms with Gasteiger partial charge < -0.3 is 16.4 Å². The molecule has 0 atom stereocenters. The summed E-state index contributed by atoms with van der Waals surface area (Å²) in [6.45, 7) is 3.45. The highest BCUT2D eigenvalue weighted by Crippen LogP contribution is 2.20. The van der Waals surface area contributed by atoms with Gasteiger partial charge in [0.15, 0.2) is 11.6 Å². The quantitative estimate of drug-likeness (QED) is 0.494. The van der Waals surface area contributed by atoms with Crippen molar-refractivity contribution < 1.29 is 0 Å². The van der Waals surface area contributed by atoms with Gasteiger partial charge >= 0.3 is 0 Å². The number of aryl methyl sites for hydroxylation is 1. The van der Waals surface area contributed by atoms with Gasteiger partial charge in [0, 0.05) is 24.5 Å². The van der Waals surface area contributed by atoms with Gasteiger partial charge in [-0.1, -0.05) is 0 Å². The van der Waals surface area contributed by atoms with E-state index in [-0.39, 0.29) is 0 Å². The number of anilines is 3. The molecule has 3 heterocycles. The third-order valence-corrected chi connectivity index (χ3v) is 3.26. The number of aromatic amines is 1. The van der Waals surface area contributed by atoms with Gasteiger partial charge in [0.1, 0.15) is 5.52 Å². The van der Waals surface area contributed by atoms with Crippen LogP contribution in [0.15, 0.2) is 24.4 Å². The molecular formula is C14H20N8. The molecule has 0 aliphatic heterocycles. The number of aromatic nitrogens is 5. The van der Waals surface area contributed by atoms with Crippen LogP contribution in [-0.4, -0.2) is 37.9 Å². The largest absolute Gasteiger partial charge is 0.353 e. The second-order valence-electron chi connectivity index (χ2n) is 5.11. The van der Waals surface area contributed by atoms with Gasteiger partial charge in [-0.2, -0.15) is 10.1 Å². The highest BCUT2D eigenvalue weighted by molar-refractivity contribution is 5.72. The molecule has 8 heteroatoms. The Morgan fingerprint density at radius 2 is 2.27 bits per heavy atom. The smallest absolute Gasteiger partial charge is 0.243 e. The average Bonchev–Trinajstić information content (AvgIpc) is 3.13. The summed E-state index contributed by atoms with van der Waals surface area (Å²) in [5.41, 5.74) is 7.38. The van der Waals surface area contributed by atoms with Crippen LogP contribution in [0.1, 0.15) is 18.5 Å². The number of fused-ring (bicyclic) bond motifs is 1. The molecule has 3 aromatic heterocycles. The fourth-order valence-corrected chi connectivity index (χ4v) is 2.17. The number of hydrogen-bond acceptors (Lipinski definition) is 6. The maximum absolute atomic E-state index is 5.50. The van der Waals surface area contributed by atoms with E-state index in [1.54, 1.807) is 4.52 Å². The van der Waals surface area contributed by atoms with E-state index < -0.39 is 0 Å². The van der Waals surface area contributed by atoms with E-state index in [9.17, 15) is 0 Å². The maximum Gasteiger partial charge on any atom is 0.243 e. The van der Waals surface area contributed by atoms with Gasteiger partial charge in [-0.15, -0.1) is 5.10 Å². The summed E-state index contributed by atoms with van der Waals surface area (Å²) in [7, 11) is 0. The molecule has 0 aliphatic carbocycles. The first-order chi connectivity index (χ1) is 10.8. The van der Waals surface area contributed by atoms with Crippen LogP contribution in [0.25, 0.3) is 5.52 Å². The van der Waals surface area contributed by atoms with E-state index in [2.05, 4.69) is 30.9 Å². The van der Waals surface area contributed by atoms with Crippen molar-refractivity contribution in [3.05, 3.63) is 30.1 Å². The van der Waals surface area contributed by atoms with Crippen LogP contribution < -0.4 is 16.4 Å². The minimum atomic E-state index is 0.579. The van der Waals surface area contributed by atoms with Crippen molar-refractivity contribution in [2.24, 2.45) is 5.73 Å². The lowest BCUT2D eigenvalue weighted by Gasteiger charge is -2.09. The minimum absolute atomic E-state index is 0.579. The summed E-state index contributed by atoms with van der Waals surface area (Å²) < 4.78 is 1.79. The van der Waals surface area contributed by atoms with Gasteiger partial charge in [-0.3, -0.25) is 5.10 Å². The molecule has 0 saturated carbocycles. The lowest BCUT2D eigenvalue weighted by Crippen LogP contribution is -2.11. The van der Waals surface area contributed by atoms with Crippen molar-refractivity contribution in [3.63, 3.8) is 0 Å². The molecule has 0 saturated heterocycles. The first-order valence-electron chi connectivity index (χ1n) is 7.34. The van der Waals surface area contributed by atoms with Crippen molar-refractivity contribution in [1.82, 2.24) is 24.8 Å². The predicted octanol–water partition coefficient (Wildman–Crippen LogP) is 1.66. The Balaban J connectivity index is 1.82. The molecule has 22 heavy (non-hydrogen) atoms. The standard InChI is InChI=1S/C14H20N8/c1-10-9-12(20-19-10)17-13-11-5-4-8-22(11)21-14(18-13)16-7-3-2-6-15/h4-5,8-9H,2-3,6-7,15H2,1H3,(H3,16,17,18,19,20,21). The Kier molecular flexibility index (Phi) is 4.19. The van der Waals surface area contributed by atoms with Crippen LogP contribution in [0.2, 0.25) is 0 Å². The van der Waals surface area contributed by atoms with Crippen molar-refractivity contribution >= 4 is 23.1 Å². The molecule has 0 aromatic carbocycles. The lowest BCUT2D eigenvalue weighted by molar-refractivity contribution is 0.765. The molecule has 0 aliphatic rings. The monoisotopic (exact) mass is 300 g/mol. The minimum Gasteiger partial charge on any atom is -0.353 e. The normalized spacial score (nSPS) is 11.0. The van der Waals surface area contributed by atoms with E-state index in [4.69, 9.17) is 5.73 Å². The highest BCUT2D eigenvalue weighted by Gasteiger charge is 2.09. The van der Waals surface area contributed by atoms with Crippen molar-refractivity contribution in [3.8, 4) is 0 Å². The Bertz CT molecular complexity index is 744. The van der Waals surface area contributed by atoms with Crippen LogP contribution >= 0.6 is 0 Å². The number of hydrogen-bond donors (Lipinski definition) is 4. The summed E-state index contributed by atoms with van der Waals surface area (Å²) in [5, 5.41) is 18.0. The highest BCUT2D eigenvalue weighted by atomic mass is 15.3. The molecule has 116 valence electrons. The molecule has 3 rings (SSSR count). The summed E-state index contributed by atoms with van der Waals surface area (Å²) in [4.78, 5) is 4.54. The van der Waals surface area contributed by atoms with Crippen LogP contribution in [-0.2, 0) is 0 Å². The van der Waals surface area contributed by atoms with Gasteiger partial charge in [-0.25, -0.2) is 4.52 Å². The Morgan fingerprint density at radius 1 is 1.36 bits per heavy atom. The van der Waals surface area contributed by atoms with E-state index in [0.717, 1.165) is 36.4 Å². The molecule has 0 bridgehead atoms. The lowest BCUT2D eigenvalue weighted by atomic mass is 10.3. The molecule has 0 amide bonds. The molecule has 0 spiro atoms. The Labute approximate surface area is 128 Å². The van der Waals surface area contributed by atoms with E-state index in [1.165, 1.54) is 0 Å². The van der Waals surface area contributed by atoms with Crippen molar-refractivity contribution in [2.45, 2.75) is 19.8 Å². The predicted molar refractivity (Wildman–Crippen MR) is 86.4 cm³/mol. The fraction of sp³-hybridized carbons (Fsp3) is 0.357. The molecule has 5 N–H and O–H groups in total. The Morgan fingerprint density at radius 3 is 3.05 bits per heavy atom. The number of unbranched alkanes of at least 4 members (excludes halogenated alkanes) is 1. The van der Waals surface area contributed by atoms with Crippen LogP contribution in [0.3, 0.4) is 0 Å². The molecule has 0 fully saturated rings. The first kappa shape index (κ1) is 14.3. The van der Waals surface area contributed by atoms with E-state index in [1.807, 2.05) is 31.3 Å². The second kappa shape index (κ2) is 6.44. The Hall–Kier alpha value is -2.61. The van der Waals surface area contributed by atoms with Crippen molar-refractivity contribution in [1.29, 1.82) is 0 Å². The zero-order chi connectivity index (χ0) is 15.4. The molecule has 0 radical (unpaired) electrons. The van der Waals surface area contributed by atoms with Gasteiger partial charge in [-0.05, 0) is 38.4 Å². The summed E-state index contributed by atoms with van der Waals surface area (Å²) in [6, 6.07) is 5.82. The second-order valence-corrected chi connectivity index (χ2v) is 5.11. The van der Waals surface area contributed by atoms with E-state index in [0.29, 0.717) is 18.3 Å². The molecule has 3 aromatic rings. The third-order valence-electron chi connectivity index (χ3n) is 3.26. The van der Waals surface area contributed by atoms with Crippen molar-refractivity contribution in [2.75, 3.05) is 23.7 Å². The zero-order valence-electron chi connectivity index (χ0n) is 12.5. The first-order valence-corrected chi connectivity index (χ1v) is 7.34. The fourth-order valence-electron chi connectivity index (χ4n) is 2.17. The average molecular weight is 300 g/mol. The van der Waals surface area contributed by atoms with Crippen LogP contribution in [0.4, 0.5) is 17.6 Å². The maximum atomic E-state index is 5.50. The third kappa shape index (κ3) is 3.17. The number of H-pyrrole nitrogens is 1. The zero-order valence-corrected chi connectivity index (χ0v) is 12.5. The van der Waals surface area contributed by atoms with Crippen LogP contribution in [0.5, 0.6) is 0 Å². The number of rotatable bonds is 7. The molecule has 0 unspecified atom stereocenters. The van der Waals surface area contributed by atoms with Gasteiger partial charge in [0.25, 0.3) is 0 Å². The molecular weight excluding hydrogens is 280 g/mol. The summed E-state index contributed by atoms with van der Waals surface area (Å²) in [6.07, 6.45) is 3.87. The molecule has 8 nitrogen and oxygen atoms in total. The summed E-state index contributed by atoms with van der Waals surface area (Å²) in [5.74, 6) is 2.02. The number of nitrogens with zero attached hydrogens (tertiary/aromatic N) is 4. The van der Waals surface area contributed by atoms with E-state index >= 15 is 0 Å². The topological polar surface area (TPSA) is 109 Å². The van der Waals surface area contributed by atoms with Gasteiger partial charge in [0.2, 0.25) is 5.95 Å². The summed E-state index contributed by atoms with van der Waals surface area (Å²) >= 11 is 0. The SMILES string of the molecule is Cc1cc(Nc2nc(NCCCCN)nn3cccc23)n[nH]1. The number of nitrogens with one attached hydrogen (secondary N) is 3.